The minimum Gasteiger partial charge on any atom is -0.366 e. The molecule has 1 aromatic carbocycles. The highest BCUT2D eigenvalue weighted by atomic mass is 79.9. The lowest BCUT2D eigenvalue weighted by molar-refractivity contribution is -0.128. The lowest BCUT2D eigenvalue weighted by Gasteiger charge is -2.13. The number of halogens is 1. The molecule has 0 aliphatic carbocycles. The molecule has 1 aromatic rings. The Morgan fingerprint density at radius 1 is 1.50 bits per heavy atom. The van der Waals surface area contributed by atoms with Gasteiger partial charge in [0.05, 0.1) is 0 Å². The van der Waals surface area contributed by atoms with Gasteiger partial charge in [0.2, 0.25) is 6.23 Å². The number of benzene rings is 1. The number of amides is 2. The van der Waals surface area contributed by atoms with E-state index in [1.54, 1.807) is 24.3 Å². The molecule has 0 spiro atoms. The van der Waals surface area contributed by atoms with E-state index >= 15 is 0 Å². The maximum Gasteiger partial charge on any atom is 0.267 e. The summed E-state index contributed by atoms with van der Waals surface area (Å²) in [4.78, 5) is 22.5. The third-order valence-electron chi connectivity index (χ3n) is 1.84. The van der Waals surface area contributed by atoms with E-state index in [0.29, 0.717) is 5.56 Å². The third kappa shape index (κ3) is 3.32. The summed E-state index contributed by atoms with van der Waals surface area (Å²) in [6, 6.07) is 6.75. The molecule has 0 aliphatic rings. The van der Waals surface area contributed by atoms with Gasteiger partial charge in [-0.15, -0.1) is 0 Å². The highest BCUT2D eigenvalue weighted by Crippen LogP contribution is 2.11. The summed E-state index contributed by atoms with van der Waals surface area (Å²) in [6.45, 7) is 0. The van der Waals surface area contributed by atoms with Crippen LogP contribution in [-0.2, 0) is 9.53 Å². The molecule has 3 N–H and O–H groups in total. The highest BCUT2D eigenvalue weighted by molar-refractivity contribution is 9.10. The van der Waals surface area contributed by atoms with Crippen LogP contribution in [0.25, 0.3) is 0 Å². The Kier molecular flexibility index (Phi) is 4.45. The van der Waals surface area contributed by atoms with Gasteiger partial charge in [0.1, 0.15) is 0 Å². The lowest BCUT2D eigenvalue weighted by Crippen LogP contribution is -2.45. The Balaban J connectivity index is 2.75. The number of rotatable bonds is 4. The van der Waals surface area contributed by atoms with Crippen molar-refractivity contribution in [1.29, 1.82) is 0 Å². The van der Waals surface area contributed by atoms with Crippen molar-refractivity contribution in [3.63, 3.8) is 0 Å². The summed E-state index contributed by atoms with van der Waals surface area (Å²) >= 11 is 3.24. The Labute approximate surface area is 101 Å². The number of hydrogen-bond acceptors (Lipinski definition) is 3. The molecule has 1 atom stereocenters. The second kappa shape index (κ2) is 5.62. The molecule has 0 saturated heterocycles. The molecule has 16 heavy (non-hydrogen) atoms. The van der Waals surface area contributed by atoms with Crippen molar-refractivity contribution in [3.8, 4) is 0 Å². The summed E-state index contributed by atoms with van der Waals surface area (Å²) in [5.74, 6) is -1.17. The third-order valence-corrected chi connectivity index (χ3v) is 2.34. The Bertz CT molecular complexity index is 409. The molecule has 0 aliphatic heterocycles. The van der Waals surface area contributed by atoms with Crippen LogP contribution in [-0.4, -0.2) is 25.2 Å². The van der Waals surface area contributed by atoms with Gasteiger partial charge in [-0.05, 0) is 18.2 Å². The van der Waals surface area contributed by atoms with Crippen molar-refractivity contribution in [2.24, 2.45) is 5.73 Å². The largest absolute Gasteiger partial charge is 0.366 e. The van der Waals surface area contributed by atoms with Gasteiger partial charge in [-0.2, -0.15) is 0 Å². The normalized spacial score (nSPS) is 11.9. The Hall–Kier alpha value is -1.40. The number of carbonyl (C=O) groups is 2. The van der Waals surface area contributed by atoms with E-state index in [9.17, 15) is 9.59 Å². The van der Waals surface area contributed by atoms with Gasteiger partial charge in [-0.1, -0.05) is 22.0 Å². The molecular weight excluding hydrogens is 276 g/mol. The number of nitrogens with two attached hydrogens (primary N) is 1. The standard InChI is InChI=1S/C10H11BrN2O3/c1-16-10(8(12)14)13-9(15)6-3-2-4-7(11)5-6/h2-5,10H,1H3,(H2,12,14)(H,13,15). The molecule has 0 fully saturated rings. The SMILES string of the molecule is COC(NC(=O)c1cccc(Br)c1)C(N)=O. The number of primary amides is 1. The van der Waals surface area contributed by atoms with Crippen LogP contribution in [0.2, 0.25) is 0 Å². The van der Waals surface area contributed by atoms with E-state index in [4.69, 9.17) is 10.5 Å². The molecule has 0 aromatic heterocycles. The van der Waals surface area contributed by atoms with Gasteiger partial charge in [-0.3, -0.25) is 9.59 Å². The number of methoxy groups -OCH3 is 1. The van der Waals surface area contributed by atoms with Gasteiger partial charge in [0.15, 0.2) is 0 Å². The average Bonchev–Trinajstić information content (AvgIpc) is 2.25. The quantitative estimate of drug-likeness (QED) is 0.797. The van der Waals surface area contributed by atoms with Crippen molar-refractivity contribution in [2.75, 3.05) is 7.11 Å². The van der Waals surface area contributed by atoms with E-state index in [2.05, 4.69) is 21.2 Å². The number of ether oxygens (including phenoxy) is 1. The van der Waals surface area contributed by atoms with Gasteiger partial charge in [-0.25, -0.2) is 0 Å². The Morgan fingerprint density at radius 3 is 2.69 bits per heavy atom. The van der Waals surface area contributed by atoms with E-state index in [0.717, 1.165) is 4.47 Å². The van der Waals surface area contributed by atoms with E-state index in [1.807, 2.05) is 0 Å². The maximum absolute atomic E-state index is 11.7. The van der Waals surface area contributed by atoms with Crippen molar-refractivity contribution >= 4 is 27.7 Å². The van der Waals surface area contributed by atoms with E-state index < -0.39 is 18.0 Å². The van der Waals surface area contributed by atoms with E-state index in [1.165, 1.54) is 7.11 Å². The fraction of sp³-hybridized carbons (Fsp3) is 0.200. The first kappa shape index (κ1) is 12.7. The zero-order chi connectivity index (χ0) is 12.1. The molecule has 0 radical (unpaired) electrons. The first-order chi connectivity index (χ1) is 7.54. The molecular formula is C10H11BrN2O3. The van der Waals surface area contributed by atoms with E-state index in [-0.39, 0.29) is 0 Å². The molecule has 5 nitrogen and oxygen atoms in total. The van der Waals surface area contributed by atoms with Crippen LogP contribution in [0.5, 0.6) is 0 Å². The van der Waals surface area contributed by atoms with Crippen molar-refractivity contribution in [3.05, 3.63) is 34.3 Å². The van der Waals surface area contributed by atoms with Gasteiger partial charge in [0, 0.05) is 17.1 Å². The lowest BCUT2D eigenvalue weighted by atomic mass is 10.2. The smallest absolute Gasteiger partial charge is 0.267 e. The summed E-state index contributed by atoms with van der Waals surface area (Å²) in [7, 11) is 1.29. The zero-order valence-electron chi connectivity index (χ0n) is 8.57. The second-order valence-electron chi connectivity index (χ2n) is 3.00. The number of carbonyl (C=O) groups excluding carboxylic acids is 2. The monoisotopic (exact) mass is 286 g/mol. The van der Waals surface area contributed by atoms with Crippen LogP contribution in [0, 0.1) is 0 Å². The summed E-state index contributed by atoms with van der Waals surface area (Å²) in [5, 5.41) is 2.35. The summed E-state index contributed by atoms with van der Waals surface area (Å²) in [6.07, 6.45) is -1.12. The molecule has 0 saturated carbocycles. The fourth-order valence-corrected chi connectivity index (χ4v) is 1.48. The van der Waals surface area contributed by atoms with Crippen LogP contribution >= 0.6 is 15.9 Å². The fourth-order valence-electron chi connectivity index (χ4n) is 1.08. The van der Waals surface area contributed by atoms with Crippen LogP contribution in [0.4, 0.5) is 0 Å². The maximum atomic E-state index is 11.7. The first-order valence-corrected chi connectivity index (χ1v) is 5.22. The molecule has 0 heterocycles. The predicted molar refractivity (Wildman–Crippen MR) is 61.6 cm³/mol. The minimum atomic E-state index is -1.12. The molecule has 6 heteroatoms. The molecule has 1 unspecified atom stereocenters. The second-order valence-corrected chi connectivity index (χ2v) is 3.92. The van der Waals surface area contributed by atoms with Crippen molar-refractivity contribution < 1.29 is 14.3 Å². The van der Waals surface area contributed by atoms with Crippen LogP contribution in [0.3, 0.4) is 0 Å². The van der Waals surface area contributed by atoms with Crippen LogP contribution in [0.1, 0.15) is 10.4 Å². The molecule has 2 amide bonds. The van der Waals surface area contributed by atoms with Crippen LogP contribution < -0.4 is 11.1 Å². The highest BCUT2D eigenvalue weighted by Gasteiger charge is 2.17. The number of nitrogens with one attached hydrogen (secondary N) is 1. The van der Waals surface area contributed by atoms with Crippen molar-refractivity contribution in [1.82, 2.24) is 5.32 Å². The van der Waals surface area contributed by atoms with Crippen molar-refractivity contribution in [2.45, 2.75) is 6.23 Å². The van der Waals surface area contributed by atoms with Crippen LogP contribution in [0.15, 0.2) is 28.7 Å². The summed E-state index contributed by atoms with van der Waals surface area (Å²) in [5.41, 5.74) is 5.43. The zero-order valence-corrected chi connectivity index (χ0v) is 10.2. The minimum absolute atomic E-state index is 0.415. The first-order valence-electron chi connectivity index (χ1n) is 4.43. The Morgan fingerprint density at radius 2 is 2.19 bits per heavy atom. The number of hydrogen-bond donors (Lipinski definition) is 2. The van der Waals surface area contributed by atoms with Gasteiger partial charge >= 0.3 is 0 Å². The summed E-state index contributed by atoms with van der Waals surface area (Å²) < 4.78 is 5.49. The van der Waals surface area contributed by atoms with Gasteiger partial charge < -0.3 is 15.8 Å². The topological polar surface area (TPSA) is 81.4 Å². The molecule has 0 bridgehead atoms. The predicted octanol–water partition coefficient (Wildman–Crippen LogP) is 0.637. The molecule has 86 valence electrons. The average molecular weight is 287 g/mol. The molecule has 1 rings (SSSR count). The van der Waals surface area contributed by atoms with Gasteiger partial charge in [0.25, 0.3) is 11.8 Å².